The first-order chi connectivity index (χ1) is 6.66. The Morgan fingerprint density at radius 1 is 1.14 bits per heavy atom. The third-order valence-corrected chi connectivity index (χ3v) is 2.21. The Morgan fingerprint density at radius 2 is 1.79 bits per heavy atom. The minimum absolute atomic E-state index is 0.134. The first-order valence-corrected chi connectivity index (χ1v) is 5.92. The van der Waals surface area contributed by atoms with Gasteiger partial charge in [0.2, 0.25) is 0 Å². The Morgan fingerprint density at radius 3 is 2.36 bits per heavy atom. The van der Waals surface area contributed by atoms with E-state index < -0.39 is 0 Å². The lowest BCUT2D eigenvalue weighted by Crippen LogP contribution is -2.11. The maximum absolute atomic E-state index is 9.57. The van der Waals surface area contributed by atoms with E-state index in [0.717, 1.165) is 38.9 Å². The Kier molecular flexibility index (Phi) is 9.42. The molecule has 0 aliphatic carbocycles. The number of ether oxygens (including phenoxy) is 1. The van der Waals surface area contributed by atoms with Crippen LogP contribution < -0.4 is 0 Å². The maximum Gasteiger partial charge on any atom is 0.0543 e. The van der Waals surface area contributed by atoms with Crippen LogP contribution >= 0.6 is 0 Å². The lowest BCUT2D eigenvalue weighted by molar-refractivity contribution is 0.0964. The minimum Gasteiger partial charge on any atom is -0.393 e. The predicted octanol–water partition coefficient (Wildman–Crippen LogP) is 2.99. The third kappa shape index (κ3) is 10.0. The second-order valence-corrected chi connectivity index (χ2v) is 4.39. The third-order valence-electron chi connectivity index (χ3n) is 2.21. The molecule has 0 rings (SSSR count). The van der Waals surface area contributed by atoms with Gasteiger partial charge in [-0.05, 0) is 31.6 Å². The predicted molar refractivity (Wildman–Crippen MR) is 60.4 cm³/mol. The van der Waals surface area contributed by atoms with Crippen LogP contribution in [0.1, 0.15) is 52.9 Å². The molecule has 0 saturated heterocycles. The molecule has 0 spiro atoms. The van der Waals surface area contributed by atoms with Gasteiger partial charge in [0.15, 0.2) is 0 Å². The van der Waals surface area contributed by atoms with Crippen molar-refractivity contribution in [1.29, 1.82) is 0 Å². The number of hydrogen-bond donors (Lipinski definition) is 1. The highest BCUT2D eigenvalue weighted by molar-refractivity contribution is 4.58. The van der Waals surface area contributed by atoms with Crippen LogP contribution in [0.3, 0.4) is 0 Å². The smallest absolute Gasteiger partial charge is 0.0543 e. The van der Waals surface area contributed by atoms with Crippen molar-refractivity contribution in [1.82, 2.24) is 0 Å². The summed E-state index contributed by atoms with van der Waals surface area (Å²) in [6.45, 7) is 8.11. The summed E-state index contributed by atoms with van der Waals surface area (Å²) < 4.78 is 5.42. The summed E-state index contributed by atoms with van der Waals surface area (Å²) in [5.41, 5.74) is 0. The van der Waals surface area contributed by atoms with Gasteiger partial charge in [0.05, 0.1) is 6.10 Å². The molecule has 1 atom stereocenters. The van der Waals surface area contributed by atoms with Crippen molar-refractivity contribution in [3.8, 4) is 0 Å². The van der Waals surface area contributed by atoms with Gasteiger partial charge in [-0.25, -0.2) is 0 Å². The molecular formula is C12H26O2. The fourth-order valence-electron chi connectivity index (χ4n) is 1.43. The first kappa shape index (κ1) is 13.9. The van der Waals surface area contributed by atoms with Gasteiger partial charge in [0.25, 0.3) is 0 Å². The van der Waals surface area contributed by atoms with Gasteiger partial charge in [-0.3, -0.25) is 0 Å². The van der Waals surface area contributed by atoms with Crippen LogP contribution in [-0.2, 0) is 4.74 Å². The number of rotatable bonds is 9. The van der Waals surface area contributed by atoms with E-state index in [4.69, 9.17) is 4.74 Å². The largest absolute Gasteiger partial charge is 0.393 e. The molecule has 0 heterocycles. The van der Waals surface area contributed by atoms with Crippen molar-refractivity contribution in [3.05, 3.63) is 0 Å². The zero-order valence-electron chi connectivity index (χ0n) is 9.96. The Balaban J connectivity index is 3.10. The molecule has 0 aromatic rings. The van der Waals surface area contributed by atoms with E-state index in [1.165, 1.54) is 6.42 Å². The number of aliphatic hydroxyl groups excluding tert-OH is 1. The van der Waals surface area contributed by atoms with Crippen LogP contribution in [0, 0.1) is 5.92 Å². The Bertz CT molecular complexity index is 113. The van der Waals surface area contributed by atoms with Crippen molar-refractivity contribution in [2.45, 2.75) is 59.0 Å². The van der Waals surface area contributed by atoms with E-state index in [-0.39, 0.29) is 6.10 Å². The van der Waals surface area contributed by atoms with Crippen LogP contribution in [0.5, 0.6) is 0 Å². The van der Waals surface area contributed by atoms with Gasteiger partial charge < -0.3 is 9.84 Å². The van der Waals surface area contributed by atoms with Gasteiger partial charge in [-0.15, -0.1) is 0 Å². The van der Waals surface area contributed by atoms with Crippen LogP contribution in [0.4, 0.5) is 0 Å². The standard InChI is InChI=1S/C12H26O2/c1-4-5-8-14-9-6-7-12(13)10-11(2)3/h11-13H,4-10H2,1-3H3. The molecule has 1 N–H and O–H groups in total. The van der Waals surface area contributed by atoms with Crippen LogP contribution in [0.25, 0.3) is 0 Å². The van der Waals surface area contributed by atoms with Gasteiger partial charge >= 0.3 is 0 Å². The lowest BCUT2D eigenvalue weighted by atomic mass is 10.0. The van der Waals surface area contributed by atoms with Crippen molar-refractivity contribution in [3.63, 3.8) is 0 Å². The molecule has 0 radical (unpaired) electrons. The zero-order valence-corrected chi connectivity index (χ0v) is 9.96. The fraction of sp³-hybridized carbons (Fsp3) is 1.00. The van der Waals surface area contributed by atoms with Gasteiger partial charge in [-0.1, -0.05) is 27.2 Å². The van der Waals surface area contributed by atoms with Gasteiger partial charge in [0, 0.05) is 13.2 Å². The molecule has 0 fully saturated rings. The van der Waals surface area contributed by atoms with Crippen LogP contribution in [0.15, 0.2) is 0 Å². The van der Waals surface area contributed by atoms with Crippen molar-refractivity contribution >= 4 is 0 Å². The summed E-state index contributed by atoms with van der Waals surface area (Å²) in [6, 6.07) is 0. The summed E-state index contributed by atoms with van der Waals surface area (Å²) in [7, 11) is 0. The molecule has 0 aliphatic heterocycles. The monoisotopic (exact) mass is 202 g/mol. The van der Waals surface area contributed by atoms with Gasteiger partial charge in [0.1, 0.15) is 0 Å². The number of unbranched alkanes of at least 4 members (excludes halogenated alkanes) is 1. The van der Waals surface area contributed by atoms with Crippen molar-refractivity contribution in [2.24, 2.45) is 5.92 Å². The fourth-order valence-corrected chi connectivity index (χ4v) is 1.43. The van der Waals surface area contributed by atoms with Crippen LogP contribution in [-0.4, -0.2) is 24.4 Å². The molecule has 0 amide bonds. The molecule has 2 nitrogen and oxygen atoms in total. The highest BCUT2D eigenvalue weighted by Gasteiger charge is 2.05. The van der Waals surface area contributed by atoms with E-state index in [0.29, 0.717) is 5.92 Å². The average molecular weight is 202 g/mol. The SMILES string of the molecule is CCCCOCCCC(O)CC(C)C. The Labute approximate surface area is 88.7 Å². The molecule has 0 aromatic carbocycles. The Hall–Kier alpha value is -0.0800. The minimum atomic E-state index is -0.134. The molecule has 1 unspecified atom stereocenters. The summed E-state index contributed by atoms with van der Waals surface area (Å²) >= 11 is 0. The molecule has 86 valence electrons. The summed E-state index contributed by atoms with van der Waals surface area (Å²) in [5, 5.41) is 9.57. The molecule has 0 bridgehead atoms. The molecule has 14 heavy (non-hydrogen) atoms. The maximum atomic E-state index is 9.57. The number of hydrogen-bond acceptors (Lipinski definition) is 2. The van der Waals surface area contributed by atoms with Crippen molar-refractivity contribution in [2.75, 3.05) is 13.2 Å². The quantitative estimate of drug-likeness (QED) is 0.582. The molecule has 0 saturated carbocycles. The topological polar surface area (TPSA) is 29.5 Å². The highest BCUT2D eigenvalue weighted by Crippen LogP contribution is 2.09. The summed E-state index contributed by atoms with van der Waals surface area (Å²) in [4.78, 5) is 0. The van der Waals surface area contributed by atoms with Gasteiger partial charge in [-0.2, -0.15) is 0 Å². The molecule has 0 aromatic heterocycles. The molecular weight excluding hydrogens is 176 g/mol. The summed E-state index contributed by atoms with van der Waals surface area (Å²) in [6.07, 6.45) is 4.98. The highest BCUT2D eigenvalue weighted by atomic mass is 16.5. The number of aliphatic hydroxyl groups is 1. The molecule has 2 heteroatoms. The second-order valence-electron chi connectivity index (χ2n) is 4.39. The zero-order chi connectivity index (χ0) is 10.8. The summed E-state index contributed by atoms with van der Waals surface area (Å²) in [5.74, 6) is 0.589. The van der Waals surface area contributed by atoms with E-state index >= 15 is 0 Å². The molecule has 0 aliphatic rings. The first-order valence-electron chi connectivity index (χ1n) is 5.92. The average Bonchev–Trinajstić information content (AvgIpc) is 2.10. The van der Waals surface area contributed by atoms with E-state index in [1.807, 2.05) is 0 Å². The van der Waals surface area contributed by atoms with E-state index in [1.54, 1.807) is 0 Å². The normalized spacial score (nSPS) is 13.5. The van der Waals surface area contributed by atoms with Crippen LogP contribution in [0.2, 0.25) is 0 Å². The second kappa shape index (κ2) is 9.47. The van der Waals surface area contributed by atoms with E-state index in [9.17, 15) is 5.11 Å². The van der Waals surface area contributed by atoms with E-state index in [2.05, 4.69) is 20.8 Å². The van der Waals surface area contributed by atoms with Crippen molar-refractivity contribution < 1.29 is 9.84 Å². The lowest BCUT2D eigenvalue weighted by Gasteiger charge is -2.12.